The van der Waals surface area contributed by atoms with E-state index in [1.807, 2.05) is 103 Å². The van der Waals surface area contributed by atoms with Crippen LogP contribution in [0, 0.1) is 0 Å². The van der Waals surface area contributed by atoms with Gasteiger partial charge in [0.25, 0.3) is 0 Å². The Hall–Kier alpha value is -12.1. The quantitative estimate of drug-likeness (QED) is 0.149. The van der Waals surface area contributed by atoms with Crippen molar-refractivity contribution in [3.8, 4) is 77.9 Å². The van der Waals surface area contributed by atoms with Gasteiger partial charge in [-0.3, -0.25) is 0 Å². The smallest absolute Gasteiger partial charge is 0.136 e. The Balaban J connectivity index is 0.000000163. The van der Waals surface area contributed by atoms with E-state index in [1.54, 1.807) is 36.4 Å². The van der Waals surface area contributed by atoms with E-state index in [0.29, 0.717) is 44.2 Å². The summed E-state index contributed by atoms with van der Waals surface area (Å²) in [6, 6.07) is 41.9. The van der Waals surface area contributed by atoms with Crippen molar-refractivity contribution < 1.29 is 44.5 Å². The Morgan fingerprint density at radius 3 is 1.20 bits per heavy atom. The number of hydrogen-bond donors (Lipinski definition) is 0. The molecule has 2 heterocycles. The van der Waals surface area contributed by atoms with Crippen molar-refractivity contribution in [3.05, 3.63) is 339 Å². The van der Waals surface area contributed by atoms with Gasteiger partial charge in [-0.15, -0.1) is 0 Å². The van der Waals surface area contributed by atoms with Crippen molar-refractivity contribution in [2.45, 2.75) is 0 Å². The number of hydrogen-bond acceptors (Lipinski definition) is 2. The fourth-order valence-electron chi connectivity index (χ4n) is 13.1. The third-order valence-electron chi connectivity index (χ3n) is 17.2. The Bertz CT molecular complexity index is 7550. The molecule has 0 unspecified atom stereocenters. The van der Waals surface area contributed by atoms with Crippen LogP contribution in [0.2, 0.25) is 0 Å². The number of benzene rings is 17. The molecule has 0 saturated heterocycles. The molecule has 0 saturated carbocycles. The molecule has 92 heavy (non-hydrogen) atoms. The fraction of sp³-hybridized carbons (Fsp3) is 0. The van der Waals surface area contributed by atoms with Crippen LogP contribution >= 0.6 is 0 Å². The molecule has 428 valence electrons. The van der Waals surface area contributed by atoms with Crippen LogP contribution in [-0.4, -0.2) is 0 Å². The summed E-state index contributed by atoms with van der Waals surface area (Å²) in [7, 11) is 0. The lowest BCUT2D eigenvalue weighted by Crippen LogP contribution is -1.90. The molecule has 19 aromatic rings. The first kappa shape index (κ1) is 32.9. The third-order valence-corrected chi connectivity index (χ3v) is 17.2. The minimum Gasteiger partial charge on any atom is -0.456 e. The highest BCUT2D eigenvalue weighted by atomic mass is 16.3. The van der Waals surface area contributed by atoms with E-state index in [2.05, 4.69) is 42.5 Å². The van der Waals surface area contributed by atoms with Gasteiger partial charge in [0.1, 0.15) is 22.3 Å². The summed E-state index contributed by atoms with van der Waals surface area (Å²) in [4.78, 5) is 0. The second-order valence-electron chi connectivity index (χ2n) is 22.2. The first-order valence-electron chi connectivity index (χ1n) is 42.5. The van der Waals surface area contributed by atoms with Gasteiger partial charge in [-0.25, -0.2) is 0 Å². The highest BCUT2D eigenvalue weighted by Crippen LogP contribution is 2.48. The zero-order valence-corrected chi connectivity index (χ0v) is 48.1. The Labute approximate surface area is 568 Å². The average molecular weight is 1200 g/mol. The van der Waals surface area contributed by atoms with Crippen molar-refractivity contribution in [2.24, 2.45) is 0 Å². The van der Waals surface area contributed by atoms with Crippen LogP contribution in [0.1, 0.15) is 35.6 Å². The molecule has 17 aromatic carbocycles. The van der Waals surface area contributed by atoms with Crippen molar-refractivity contribution in [2.75, 3.05) is 0 Å². The topological polar surface area (TPSA) is 26.3 Å². The van der Waals surface area contributed by atoms with Crippen LogP contribution in [0.3, 0.4) is 0 Å². The molecule has 0 radical (unpaired) electrons. The molecule has 19 rings (SSSR count). The van der Waals surface area contributed by atoms with E-state index < -0.39 is 168 Å². The lowest BCUT2D eigenvalue weighted by atomic mass is 9.85. The molecule has 2 nitrogen and oxygen atoms in total. The summed E-state index contributed by atoms with van der Waals surface area (Å²) in [5.74, 6) is 0. The summed E-state index contributed by atoms with van der Waals surface area (Å²) in [5.41, 5.74) is 7.23. The zero-order valence-electron chi connectivity index (χ0n) is 74.1. The summed E-state index contributed by atoms with van der Waals surface area (Å²) in [6.07, 6.45) is 0. The highest BCUT2D eigenvalue weighted by Gasteiger charge is 2.22. The Morgan fingerprint density at radius 2 is 0.609 bits per heavy atom. The molecule has 0 amide bonds. The van der Waals surface area contributed by atoms with E-state index in [1.165, 1.54) is 0 Å². The molecule has 0 fully saturated rings. The monoisotopic (exact) mass is 1190 g/mol. The molecule has 0 N–H and O–H groups in total. The van der Waals surface area contributed by atoms with Gasteiger partial charge >= 0.3 is 0 Å². The van der Waals surface area contributed by atoms with Crippen molar-refractivity contribution in [3.63, 3.8) is 0 Å². The number of fused-ring (bicyclic) bond motifs is 12. The summed E-state index contributed by atoms with van der Waals surface area (Å²) >= 11 is 0. The molecule has 0 spiro atoms. The van der Waals surface area contributed by atoms with Gasteiger partial charge in [-0.2, -0.15) is 0 Å². The standard InChI is InChI=1S/C48H30O.C42H26O/c1-2-12-32(13-3-1)47-40-17-6-8-19-42(40)48(43-20-9-7-18-41(43)47)38-24-26-45-44(29-38)39-25-23-37(30-46(39)49-45)35-16-10-15-34(28-35)36-22-21-31-11-4-5-14-33(31)27-36;1-2-13-28(14-3-1)40-33-17-6-8-19-35(33)41(36-20-9-7-18-34(36)40)29-24-25-38-37(26-29)42-32(22-11-23-39(42)43-38)31-21-10-15-27-12-4-5-16-30(27)31/h1-30H;1-26H/i1D,2D,3D,6D,7D,8D,9D,12D,13D,17D,18D,19D,20D;1D,2D,3D,6D,7D,8D,9D,13D,14D,17D,18D,19D,20D. The minimum absolute atomic E-state index is 0.0588. The highest BCUT2D eigenvalue weighted by molar-refractivity contribution is 6.24. The molecule has 0 bridgehead atoms. The zero-order chi connectivity index (χ0) is 83.3. The molecule has 0 aliphatic carbocycles. The van der Waals surface area contributed by atoms with Gasteiger partial charge in [0.15, 0.2) is 0 Å². The SMILES string of the molecule is [2H]c1c([2H])c([2H])c(-c2c3c([2H])c([2H])c([2H])c([2H])c3c(-c3ccc4oc5cc(-c6cccc(-c7ccc8ccccc8c7)c6)ccc5c4c3)c3c([2H])c([2H])c([2H])c([2H])c23)c([2H])c1[2H].[2H]c1c([2H])c([2H])c(-c2c3c([2H])c([2H])c([2H])c([2H])c3c(-c3ccc4oc5cccc(-c6cccc7ccccc67)c5c4c3)c3c([2H])c([2H])c([2H])c([2H])c23)c([2H])c1[2H]. The van der Waals surface area contributed by atoms with Crippen LogP contribution in [0.25, 0.3) is 186 Å². The maximum Gasteiger partial charge on any atom is 0.136 e. The van der Waals surface area contributed by atoms with Crippen molar-refractivity contribution in [1.29, 1.82) is 0 Å². The molecule has 2 heteroatoms. The van der Waals surface area contributed by atoms with E-state index in [9.17, 15) is 11.0 Å². The van der Waals surface area contributed by atoms with Gasteiger partial charge in [-0.05, 0) is 197 Å². The normalized spacial score (nSPS) is 15.7. The molecule has 0 aliphatic heterocycles. The lowest BCUT2D eigenvalue weighted by Gasteiger charge is -2.17. The predicted molar refractivity (Wildman–Crippen MR) is 391 cm³/mol. The second-order valence-corrected chi connectivity index (χ2v) is 22.2. The molecular weight excluding hydrogens is 1110 g/mol. The fourth-order valence-corrected chi connectivity index (χ4v) is 13.1. The van der Waals surface area contributed by atoms with Crippen LogP contribution in [0.15, 0.2) is 348 Å². The first-order valence-corrected chi connectivity index (χ1v) is 29.5. The number of rotatable bonds is 7. The van der Waals surface area contributed by atoms with Crippen molar-refractivity contribution >= 4 is 109 Å². The van der Waals surface area contributed by atoms with Gasteiger partial charge < -0.3 is 8.83 Å². The largest absolute Gasteiger partial charge is 0.456 e. The van der Waals surface area contributed by atoms with Crippen LogP contribution in [0.5, 0.6) is 0 Å². The number of furan rings is 2. The summed E-state index contributed by atoms with van der Waals surface area (Å²) in [6.45, 7) is 0. The molecular formula is C90H56O2. The minimum atomic E-state index is -0.717. The summed E-state index contributed by atoms with van der Waals surface area (Å²) in [5, 5.41) is 5.52. The molecule has 0 atom stereocenters. The summed E-state index contributed by atoms with van der Waals surface area (Å²) < 4.78 is 242. The van der Waals surface area contributed by atoms with Gasteiger partial charge in [-0.1, -0.05) is 284 Å². The van der Waals surface area contributed by atoms with Crippen LogP contribution < -0.4 is 0 Å². The first-order chi connectivity index (χ1) is 56.4. The molecule has 0 aliphatic rings. The van der Waals surface area contributed by atoms with E-state index in [-0.39, 0.29) is 65.3 Å². The predicted octanol–water partition coefficient (Wildman–Crippen LogP) is 25.8. The van der Waals surface area contributed by atoms with E-state index >= 15 is 0 Å². The van der Waals surface area contributed by atoms with Crippen LogP contribution in [-0.2, 0) is 0 Å². The van der Waals surface area contributed by atoms with Gasteiger partial charge in [0.2, 0.25) is 0 Å². The Morgan fingerprint density at radius 1 is 0.196 bits per heavy atom. The lowest BCUT2D eigenvalue weighted by molar-refractivity contribution is 0.668. The molecule has 2 aromatic heterocycles. The van der Waals surface area contributed by atoms with Crippen molar-refractivity contribution in [1.82, 2.24) is 0 Å². The van der Waals surface area contributed by atoms with Gasteiger partial charge in [0.05, 0.1) is 35.6 Å². The van der Waals surface area contributed by atoms with Crippen LogP contribution in [0.4, 0.5) is 0 Å². The maximum absolute atomic E-state index is 9.28. The second kappa shape index (κ2) is 21.9. The van der Waals surface area contributed by atoms with E-state index in [4.69, 9.17) is 33.5 Å². The van der Waals surface area contributed by atoms with Gasteiger partial charge in [0, 0.05) is 21.5 Å². The van der Waals surface area contributed by atoms with E-state index in [0.717, 1.165) is 65.7 Å². The third kappa shape index (κ3) is 8.87. The maximum atomic E-state index is 9.28. The average Bonchev–Trinajstić information content (AvgIpc) is 0.752. The Kier molecular flexibility index (Phi) is 7.83.